The fourth-order valence-corrected chi connectivity index (χ4v) is 2.25. The van der Waals surface area contributed by atoms with E-state index in [4.69, 9.17) is 0 Å². The lowest BCUT2D eigenvalue weighted by Crippen LogP contribution is -2.36. The number of carbonyl (C=O) groups is 1. The monoisotopic (exact) mass is 264 g/mol. The third-order valence-corrected chi connectivity index (χ3v) is 3.36. The molecule has 1 aromatic rings. The van der Waals surface area contributed by atoms with Crippen LogP contribution in [0.15, 0.2) is 24.3 Å². The highest BCUT2D eigenvalue weighted by Gasteiger charge is 2.19. The van der Waals surface area contributed by atoms with Crippen molar-refractivity contribution in [2.24, 2.45) is 0 Å². The Balaban J connectivity index is 2.05. The molecule has 5 nitrogen and oxygen atoms in total. The van der Waals surface area contributed by atoms with E-state index < -0.39 is 0 Å². The highest BCUT2D eigenvalue weighted by Crippen LogP contribution is 2.28. The van der Waals surface area contributed by atoms with Gasteiger partial charge in [-0.05, 0) is 25.0 Å². The maximum Gasteiger partial charge on any atom is 0.325 e. The van der Waals surface area contributed by atoms with E-state index >= 15 is 0 Å². The Bertz CT molecular complexity index is 428. The molecule has 0 unspecified atom stereocenters. The van der Waals surface area contributed by atoms with Gasteiger partial charge in [-0.3, -0.25) is 4.79 Å². The second-order valence-corrected chi connectivity index (χ2v) is 4.67. The summed E-state index contributed by atoms with van der Waals surface area (Å²) in [6, 6.07) is 7.88. The Morgan fingerprint density at radius 3 is 2.79 bits per heavy atom. The Kier molecular flexibility index (Phi) is 4.63. The van der Waals surface area contributed by atoms with Crippen LogP contribution in [-0.2, 0) is 9.53 Å². The van der Waals surface area contributed by atoms with E-state index in [1.807, 2.05) is 24.3 Å². The van der Waals surface area contributed by atoms with E-state index in [0.29, 0.717) is 0 Å². The number of nitrogens with one attached hydrogen (secondary N) is 1. The number of nitrogens with zero attached hydrogens (tertiary/aromatic N) is 1. The van der Waals surface area contributed by atoms with Crippen LogP contribution >= 0.6 is 0 Å². The number of carbonyl (C=O) groups excluding carboxylic acids is 1. The van der Waals surface area contributed by atoms with Gasteiger partial charge in [0.05, 0.1) is 24.6 Å². The first-order chi connectivity index (χ1) is 9.20. The van der Waals surface area contributed by atoms with Gasteiger partial charge in [-0.2, -0.15) is 0 Å². The quantitative estimate of drug-likeness (QED) is 0.801. The molecule has 0 aromatic heterocycles. The molecule has 1 saturated heterocycles. The van der Waals surface area contributed by atoms with Crippen LogP contribution in [0.1, 0.15) is 12.8 Å². The second kappa shape index (κ2) is 6.43. The topological polar surface area (TPSA) is 61.8 Å². The van der Waals surface area contributed by atoms with Gasteiger partial charge in [0, 0.05) is 13.1 Å². The summed E-state index contributed by atoms with van der Waals surface area (Å²) in [5.74, 6) is -0.288. The van der Waals surface area contributed by atoms with Crippen LogP contribution in [0.25, 0.3) is 0 Å². The molecule has 1 aromatic carbocycles. The molecule has 5 heteroatoms. The van der Waals surface area contributed by atoms with Crippen LogP contribution in [-0.4, -0.2) is 43.9 Å². The van der Waals surface area contributed by atoms with Crippen LogP contribution in [0.2, 0.25) is 0 Å². The van der Waals surface area contributed by atoms with Gasteiger partial charge in [0.2, 0.25) is 0 Å². The summed E-state index contributed by atoms with van der Waals surface area (Å²) in [4.78, 5) is 13.4. The fourth-order valence-electron chi connectivity index (χ4n) is 2.25. The summed E-state index contributed by atoms with van der Waals surface area (Å²) in [5, 5.41) is 12.6. The minimum atomic E-state index is -0.288. The van der Waals surface area contributed by atoms with E-state index in [1.165, 1.54) is 7.11 Å². The number of para-hydroxylation sites is 2. The Morgan fingerprint density at radius 1 is 1.42 bits per heavy atom. The summed E-state index contributed by atoms with van der Waals surface area (Å²) in [7, 11) is 1.38. The predicted octanol–water partition coefficient (Wildman–Crippen LogP) is 1.23. The van der Waals surface area contributed by atoms with Gasteiger partial charge in [0.15, 0.2) is 0 Å². The molecular formula is C14H20N2O3. The number of hydrogen-bond acceptors (Lipinski definition) is 5. The molecule has 104 valence electrons. The maximum absolute atomic E-state index is 11.2. The average molecular weight is 264 g/mol. The normalized spacial score (nSPS) is 16.2. The Hall–Kier alpha value is -1.75. The van der Waals surface area contributed by atoms with Gasteiger partial charge >= 0.3 is 5.97 Å². The largest absolute Gasteiger partial charge is 0.468 e. The highest BCUT2D eigenvalue weighted by atomic mass is 16.5. The molecule has 2 N–H and O–H groups in total. The molecule has 1 aliphatic heterocycles. The van der Waals surface area contributed by atoms with Gasteiger partial charge in [-0.25, -0.2) is 0 Å². The molecule has 1 heterocycles. The SMILES string of the molecule is COC(=O)CNc1ccccc1N1CCC(O)CC1. The minimum absolute atomic E-state index is 0.157. The molecule has 0 aliphatic carbocycles. The van der Waals surface area contributed by atoms with Crippen molar-refractivity contribution in [3.63, 3.8) is 0 Å². The molecule has 19 heavy (non-hydrogen) atoms. The summed E-state index contributed by atoms with van der Waals surface area (Å²) in [6.45, 7) is 1.82. The number of esters is 1. The second-order valence-electron chi connectivity index (χ2n) is 4.67. The number of methoxy groups -OCH3 is 1. The van der Waals surface area contributed by atoms with Crippen molar-refractivity contribution >= 4 is 17.3 Å². The summed E-state index contributed by atoms with van der Waals surface area (Å²) in [6.07, 6.45) is 1.38. The third kappa shape index (κ3) is 3.61. The zero-order valence-corrected chi connectivity index (χ0v) is 11.1. The number of ether oxygens (including phenoxy) is 1. The van der Waals surface area contributed by atoms with Crippen LogP contribution in [0.5, 0.6) is 0 Å². The first-order valence-electron chi connectivity index (χ1n) is 6.53. The molecule has 0 amide bonds. The number of hydrogen-bond donors (Lipinski definition) is 2. The van der Waals surface area contributed by atoms with Crippen LogP contribution in [0.4, 0.5) is 11.4 Å². The molecule has 0 radical (unpaired) electrons. The molecule has 1 aliphatic rings. The van der Waals surface area contributed by atoms with E-state index in [9.17, 15) is 9.90 Å². The summed E-state index contributed by atoms with van der Waals surface area (Å²) in [5.41, 5.74) is 1.99. The highest BCUT2D eigenvalue weighted by molar-refractivity contribution is 5.78. The number of aliphatic hydroxyl groups is 1. The van der Waals surface area contributed by atoms with Crippen molar-refractivity contribution in [2.45, 2.75) is 18.9 Å². The van der Waals surface area contributed by atoms with E-state index in [-0.39, 0.29) is 18.6 Å². The van der Waals surface area contributed by atoms with Crippen LogP contribution < -0.4 is 10.2 Å². The molecule has 2 rings (SSSR count). The lowest BCUT2D eigenvalue weighted by Gasteiger charge is -2.32. The zero-order chi connectivity index (χ0) is 13.7. The van der Waals surface area contributed by atoms with Crippen molar-refractivity contribution in [3.05, 3.63) is 24.3 Å². The lowest BCUT2D eigenvalue weighted by atomic mass is 10.1. The number of anilines is 2. The van der Waals surface area contributed by atoms with Crippen molar-refractivity contribution in [1.82, 2.24) is 0 Å². The maximum atomic E-state index is 11.2. The minimum Gasteiger partial charge on any atom is -0.468 e. The van der Waals surface area contributed by atoms with Crippen LogP contribution in [0, 0.1) is 0 Å². The van der Waals surface area contributed by atoms with E-state index in [0.717, 1.165) is 37.3 Å². The van der Waals surface area contributed by atoms with Gasteiger partial charge in [-0.15, -0.1) is 0 Å². The average Bonchev–Trinajstić information content (AvgIpc) is 2.46. The van der Waals surface area contributed by atoms with Crippen molar-refractivity contribution < 1.29 is 14.6 Å². The van der Waals surface area contributed by atoms with Crippen LogP contribution in [0.3, 0.4) is 0 Å². The number of piperidine rings is 1. The summed E-state index contributed by atoms with van der Waals surface area (Å²) >= 11 is 0. The lowest BCUT2D eigenvalue weighted by molar-refractivity contribution is -0.138. The summed E-state index contributed by atoms with van der Waals surface area (Å²) < 4.78 is 4.62. The predicted molar refractivity (Wildman–Crippen MR) is 74.4 cm³/mol. The zero-order valence-electron chi connectivity index (χ0n) is 11.1. The number of benzene rings is 1. The van der Waals surface area contributed by atoms with Crippen molar-refractivity contribution in [2.75, 3.05) is 37.0 Å². The van der Waals surface area contributed by atoms with Crippen molar-refractivity contribution in [3.8, 4) is 0 Å². The van der Waals surface area contributed by atoms with Gasteiger partial charge in [-0.1, -0.05) is 12.1 Å². The first kappa shape index (κ1) is 13.7. The fraction of sp³-hybridized carbons (Fsp3) is 0.500. The molecule has 0 spiro atoms. The first-order valence-corrected chi connectivity index (χ1v) is 6.53. The van der Waals surface area contributed by atoms with Gasteiger partial charge in [0.25, 0.3) is 0 Å². The van der Waals surface area contributed by atoms with E-state index in [2.05, 4.69) is 15.0 Å². The van der Waals surface area contributed by atoms with Gasteiger partial charge in [0.1, 0.15) is 6.54 Å². The number of aliphatic hydroxyl groups excluding tert-OH is 1. The third-order valence-electron chi connectivity index (χ3n) is 3.36. The molecule has 0 bridgehead atoms. The Labute approximate surface area is 113 Å². The molecule has 1 fully saturated rings. The molecule has 0 saturated carbocycles. The Morgan fingerprint density at radius 2 is 2.11 bits per heavy atom. The number of rotatable bonds is 4. The standard InChI is InChI=1S/C14H20N2O3/c1-19-14(18)10-15-12-4-2-3-5-13(12)16-8-6-11(17)7-9-16/h2-5,11,15,17H,6-10H2,1H3. The smallest absolute Gasteiger partial charge is 0.325 e. The van der Waals surface area contributed by atoms with Gasteiger partial charge < -0.3 is 20.1 Å². The van der Waals surface area contributed by atoms with E-state index in [1.54, 1.807) is 0 Å². The molecule has 0 atom stereocenters. The van der Waals surface area contributed by atoms with Crippen molar-refractivity contribution in [1.29, 1.82) is 0 Å². The molecular weight excluding hydrogens is 244 g/mol.